The molecule has 1 heterocycles. The number of amides is 1. The maximum atomic E-state index is 12.3. The SMILES string of the molecule is NC1CC(=O)N(c2cc(Cl)ccc2OC(F)F)C1. The van der Waals surface area contributed by atoms with E-state index in [0.717, 1.165) is 0 Å². The molecule has 1 unspecified atom stereocenters. The molecule has 7 heteroatoms. The summed E-state index contributed by atoms with van der Waals surface area (Å²) in [6.07, 6.45) is 0.181. The van der Waals surface area contributed by atoms with Crippen molar-refractivity contribution >= 4 is 23.2 Å². The Morgan fingerprint density at radius 3 is 2.78 bits per heavy atom. The zero-order chi connectivity index (χ0) is 13.3. The molecule has 18 heavy (non-hydrogen) atoms. The second-order valence-electron chi connectivity index (χ2n) is 3.96. The molecule has 2 N–H and O–H groups in total. The number of nitrogens with zero attached hydrogens (tertiary/aromatic N) is 1. The van der Waals surface area contributed by atoms with Gasteiger partial charge in [-0.2, -0.15) is 8.78 Å². The van der Waals surface area contributed by atoms with E-state index in [1.54, 1.807) is 0 Å². The molecule has 4 nitrogen and oxygen atoms in total. The molecule has 1 atom stereocenters. The number of hydrogen-bond acceptors (Lipinski definition) is 3. The second kappa shape index (κ2) is 5.07. The van der Waals surface area contributed by atoms with Gasteiger partial charge in [-0.1, -0.05) is 11.6 Å². The molecule has 1 aliphatic heterocycles. The molecule has 1 fully saturated rings. The van der Waals surface area contributed by atoms with Crippen LogP contribution in [0.25, 0.3) is 0 Å². The summed E-state index contributed by atoms with van der Waals surface area (Å²) < 4.78 is 28.9. The topological polar surface area (TPSA) is 55.6 Å². The Morgan fingerprint density at radius 2 is 2.22 bits per heavy atom. The molecule has 2 rings (SSSR count). The van der Waals surface area contributed by atoms with Crippen LogP contribution in [-0.4, -0.2) is 25.1 Å². The Balaban J connectivity index is 2.35. The van der Waals surface area contributed by atoms with E-state index in [4.69, 9.17) is 17.3 Å². The highest BCUT2D eigenvalue weighted by atomic mass is 35.5. The number of halogens is 3. The molecule has 0 aromatic heterocycles. The highest BCUT2D eigenvalue weighted by Gasteiger charge is 2.30. The van der Waals surface area contributed by atoms with Crippen molar-refractivity contribution in [3.8, 4) is 5.75 Å². The second-order valence-corrected chi connectivity index (χ2v) is 4.40. The molecule has 1 aromatic carbocycles. The van der Waals surface area contributed by atoms with Crippen LogP contribution >= 0.6 is 11.6 Å². The van der Waals surface area contributed by atoms with Gasteiger partial charge in [-0.05, 0) is 18.2 Å². The number of nitrogens with two attached hydrogens (primary N) is 1. The van der Waals surface area contributed by atoms with Crippen molar-refractivity contribution in [2.45, 2.75) is 19.1 Å². The molecule has 0 radical (unpaired) electrons. The van der Waals surface area contributed by atoms with Crippen LogP contribution in [0.2, 0.25) is 5.02 Å². The first kappa shape index (κ1) is 13.0. The lowest BCUT2D eigenvalue weighted by atomic mass is 10.2. The van der Waals surface area contributed by atoms with Crippen LogP contribution in [0, 0.1) is 0 Å². The Bertz CT molecular complexity index is 470. The van der Waals surface area contributed by atoms with Crippen LogP contribution in [0.5, 0.6) is 5.75 Å². The Labute approximate surface area is 107 Å². The average Bonchev–Trinajstić information content (AvgIpc) is 2.60. The van der Waals surface area contributed by atoms with Gasteiger partial charge in [-0.3, -0.25) is 4.79 Å². The van der Waals surface area contributed by atoms with Crippen molar-refractivity contribution in [1.82, 2.24) is 0 Å². The Morgan fingerprint density at radius 1 is 1.50 bits per heavy atom. The van der Waals surface area contributed by atoms with Gasteiger partial charge in [-0.15, -0.1) is 0 Å². The number of rotatable bonds is 3. The van der Waals surface area contributed by atoms with Crippen LogP contribution in [0.3, 0.4) is 0 Å². The van der Waals surface area contributed by atoms with E-state index >= 15 is 0 Å². The van der Waals surface area contributed by atoms with Gasteiger partial charge in [0.25, 0.3) is 0 Å². The number of alkyl halides is 2. The van der Waals surface area contributed by atoms with Crippen molar-refractivity contribution < 1.29 is 18.3 Å². The number of carbonyl (C=O) groups is 1. The van der Waals surface area contributed by atoms with E-state index in [2.05, 4.69) is 4.74 Å². The normalized spacial score (nSPS) is 19.7. The summed E-state index contributed by atoms with van der Waals surface area (Å²) in [5.74, 6) is -0.319. The van der Waals surface area contributed by atoms with Gasteiger partial charge in [0.1, 0.15) is 5.75 Å². The van der Waals surface area contributed by atoms with E-state index in [0.29, 0.717) is 5.02 Å². The zero-order valence-corrected chi connectivity index (χ0v) is 10.0. The molecule has 0 bridgehead atoms. The summed E-state index contributed by atoms with van der Waals surface area (Å²) in [4.78, 5) is 13.0. The van der Waals surface area contributed by atoms with Crippen LogP contribution < -0.4 is 15.4 Å². The molecule has 0 spiro atoms. The maximum absolute atomic E-state index is 12.3. The smallest absolute Gasteiger partial charge is 0.387 e. The fraction of sp³-hybridized carbons (Fsp3) is 0.364. The standard InChI is InChI=1S/C11H11ClF2N2O2/c12-6-1-2-9(18-11(13)14)8(3-6)16-5-7(15)4-10(16)17/h1-3,7,11H,4-5,15H2. The molecule has 0 saturated carbocycles. The first-order valence-corrected chi connectivity index (χ1v) is 5.65. The summed E-state index contributed by atoms with van der Waals surface area (Å²) in [7, 11) is 0. The largest absolute Gasteiger partial charge is 0.433 e. The molecule has 98 valence electrons. The predicted octanol–water partition coefficient (Wildman–Crippen LogP) is 2.01. The van der Waals surface area contributed by atoms with Crippen LogP contribution in [-0.2, 0) is 4.79 Å². The van der Waals surface area contributed by atoms with E-state index in [-0.39, 0.29) is 36.4 Å². The van der Waals surface area contributed by atoms with Crippen molar-refractivity contribution in [3.63, 3.8) is 0 Å². The number of carbonyl (C=O) groups excluding carboxylic acids is 1. The minimum absolute atomic E-state index is 0.0862. The van der Waals surface area contributed by atoms with Gasteiger partial charge in [0.15, 0.2) is 0 Å². The van der Waals surface area contributed by atoms with Crippen LogP contribution in [0.1, 0.15) is 6.42 Å². The highest BCUT2D eigenvalue weighted by Crippen LogP contribution is 2.34. The van der Waals surface area contributed by atoms with Gasteiger partial charge >= 0.3 is 6.61 Å². The number of ether oxygens (including phenoxy) is 1. The Hall–Kier alpha value is -1.40. The predicted molar refractivity (Wildman–Crippen MR) is 63.0 cm³/mol. The van der Waals surface area contributed by atoms with Gasteiger partial charge in [0, 0.05) is 24.0 Å². The first-order chi connectivity index (χ1) is 8.47. The lowest BCUT2D eigenvalue weighted by molar-refractivity contribution is -0.117. The summed E-state index contributed by atoms with van der Waals surface area (Å²) in [5.41, 5.74) is 5.88. The molecule has 1 aliphatic rings. The van der Waals surface area contributed by atoms with Crippen LogP contribution in [0.4, 0.5) is 14.5 Å². The average molecular weight is 277 g/mol. The van der Waals surface area contributed by atoms with Crippen molar-refractivity contribution in [2.75, 3.05) is 11.4 Å². The van der Waals surface area contributed by atoms with Crippen molar-refractivity contribution in [3.05, 3.63) is 23.2 Å². The lowest BCUT2D eigenvalue weighted by Gasteiger charge is -2.20. The number of anilines is 1. The van der Waals surface area contributed by atoms with Gasteiger partial charge < -0.3 is 15.4 Å². The number of hydrogen-bond donors (Lipinski definition) is 1. The summed E-state index contributed by atoms with van der Waals surface area (Å²) in [6.45, 7) is -2.70. The van der Waals surface area contributed by atoms with E-state index in [1.807, 2.05) is 0 Å². The minimum Gasteiger partial charge on any atom is -0.433 e. The quantitative estimate of drug-likeness (QED) is 0.919. The lowest BCUT2D eigenvalue weighted by Crippen LogP contribution is -2.28. The van der Waals surface area contributed by atoms with Gasteiger partial charge in [0.2, 0.25) is 5.91 Å². The summed E-state index contributed by atoms with van der Waals surface area (Å²) in [6, 6.07) is 3.83. The third-order valence-electron chi connectivity index (χ3n) is 2.58. The first-order valence-electron chi connectivity index (χ1n) is 5.27. The molecular weight excluding hydrogens is 266 g/mol. The molecule has 1 aromatic rings. The maximum Gasteiger partial charge on any atom is 0.387 e. The fourth-order valence-electron chi connectivity index (χ4n) is 1.87. The molecular formula is C11H11ClF2N2O2. The monoisotopic (exact) mass is 276 g/mol. The molecule has 0 aliphatic carbocycles. The van der Waals surface area contributed by atoms with Crippen molar-refractivity contribution in [2.24, 2.45) is 5.73 Å². The summed E-state index contributed by atoms with van der Waals surface area (Å²) in [5, 5.41) is 0.333. The highest BCUT2D eigenvalue weighted by molar-refractivity contribution is 6.31. The van der Waals surface area contributed by atoms with Crippen molar-refractivity contribution in [1.29, 1.82) is 0 Å². The zero-order valence-electron chi connectivity index (χ0n) is 9.28. The molecule has 1 saturated heterocycles. The number of benzene rings is 1. The third kappa shape index (κ3) is 2.70. The van der Waals surface area contributed by atoms with E-state index in [1.165, 1.54) is 23.1 Å². The third-order valence-corrected chi connectivity index (χ3v) is 2.82. The summed E-state index contributed by atoms with van der Waals surface area (Å²) >= 11 is 5.80. The molecule has 1 amide bonds. The Kier molecular flexibility index (Phi) is 3.68. The van der Waals surface area contributed by atoms with E-state index < -0.39 is 6.61 Å². The van der Waals surface area contributed by atoms with Gasteiger partial charge in [-0.25, -0.2) is 0 Å². The van der Waals surface area contributed by atoms with E-state index in [9.17, 15) is 13.6 Å². The fourth-order valence-corrected chi connectivity index (χ4v) is 2.03. The minimum atomic E-state index is -2.96. The van der Waals surface area contributed by atoms with Gasteiger partial charge in [0.05, 0.1) is 5.69 Å². The van der Waals surface area contributed by atoms with Crippen LogP contribution in [0.15, 0.2) is 18.2 Å².